The van der Waals surface area contributed by atoms with Gasteiger partial charge in [0.1, 0.15) is 0 Å². The van der Waals surface area contributed by atoms with E-state index < -0.39 is 0 Å². The van der Waals surface area contributed by atoms with Gasteiger partial charge in [0.2, 0.25) is 0 Å². The average Bonchev–Trinajstić information content (AvgIpc) is 3.35. The predicted molar refractivity (Wildman–Crippen MR) is 106 cm³/mol. The number of nitrogens with zero attached hydrogens (tertiary/aromatic N) is 3. The van der Waals surface area contributed by atoms with Crippen molar-refractivity contribution in [1.82, 2.24) is 25.4 Å². The Bertz CT molecular complexity index is 1210. The fraction of sp³-hybridized carbons (Fsp3) is 0.333. The van der Waals surface area contributed by atoms with Crippen LogP contribution in [0.1, 0.15) is 30.2 Å². The molecule has 3 aromatic heterocycles. The van der Waals surface area contributed by atoms with Crippen molar-refractivity contribution in [3.63, 3.8) is 0 Å². The summed E-state index contributed by atoms with van der Waals surface area (Å²) in [5.74, 6) is -0.258. The molecule has 0 spiro atoms. The van der Waals surface area contributed by atoms with Gasteiger partial charge in [0.05, 0.1) is 41.6 Å². The van der Waals surface area contributed by atoms with E-state index in [0.717, 1.165) is 57.2 Å². The molecular weight excluding hydrogens is 354 g/mol. The summed E-state index contributed by atoms with van der Waals surface area (Å²) >= 11 is 0. The van der Waals surface area contributed by atoms with E-state index >= 15 is 0 Å². The lowest BCUT2D eigenvalue weighted by atomic mass is 9.80. The first-order chi connectivity index (χ1) is 13.7. The average molecular weight is 375 g/mol. The van der Waals surface area contributed by atoms with Crippen molar-refractivity contribution in [1.29, 1.82) is 0 Å². The standard InChI is InChI=1S/C21H21N5O2/c1-3-28-21(27)12-4-5-13-14(8-12)20(15-9-22-25-11(15)2)24-18-7-6-17-16(19(13)18)10-23-26-17/h6-7,9-10,12H,3-5,8H2,1-2H3,(H,22,25)(H,23,26). The van der Waals surface area contributed by atoms with Crippen molar-refractivity contribution in [3.05, 3.63) is 41.3 Å². The van der Waals surface area contributed by atoms with Crippen LogP contribution < -0.4 is 0 Å². The highest BCUT2D eigenvalue weighted by Crippen LogP contribution is 2.39. The van der Waals surface area contributed by atoms with E-state index in [9.17, 15) is 4.79 Å². The SMILES string of the molecule is CCOC(=O)C1CCc2c(c(-c3cn[nH]c3C)nc3ccc4[nH]ncc4c23)C1. The number of benzene rings is 1. The third-order valence-electron chi connectivity index (χ3n) is 5.68. The summed E-state index contributed by atoms with van der Waals surface area (Å²) in [6.07, 6.45) is 5.90. The van der Waals surface area contributed by atoms with Crippen molar-refractivity contribution in [2.75, 3.05) is 6.61 Å². The highest BCUT2D eigenvalue weighted by molar-refractivity contribution is 6.07. The molecule has 0 bridgehead atoms. The van der Waals surface area contributed by atoms with E-state index in [1.54, 1.807) is 0 Å². The molecule has 0 saturated carbocycles. The van der Waals surface area contributed by atoms with Gasteiger partial charge in [0.25, 0.3) is 0 Å². The third-order valence-corrected chi connectivity index (χ3v) is 5.68. The van der Waals surface area contributed by atoms with Gasteiger partial charge in [-0.05, 0) is 56.4 Å². The van der Waals surface area contributed by atoms with Crippen molar-refractivity contribution in [3.8, 4) is 11.3 Å². The molecule has 7 nitrogen and oxygen atoms in total. The van der Waals surface area contributed by atoms with Crippen LogP contribution in [0.15, 0.2) is 24.5 Å². The Labute approximate surface area is 161 Å². The number of esters is 1. The summed E-state index contributed by atoms with van der Waals surface area (Å²) in [4.78, 5) is 17.4. The molecule has 5 rings (SSSR count). The van der Waals surface area contributed by atoms with Crippen LogP contribution in [-0.4, -0.2) is 38.0 Å². The number of fused-ring (bicyclic) bond motifs is 5. The highest BCUT2D eigenvalue weighted by Gasteiger charge is 2.31. The lowest BCUT2D eigenvalue weighted by Crippen LogP contribution is -2.25. The first-order valence-electron chi connectivity index (χ1n) is 9.62. The minimum atomic E-state index is -0.138. The molecule has 1 aliphatic rings. The Kier molecular flexibility index (Phi) is 3.89. The Morgan fingerprint density at radius 3 is 2.86 bits per heavy atom. The molecule has 7 heteroatoms. The van der Waals surface area contributed by atoms with Crippen molar-refractivity contribution >= 4 is 27.8 Å². The van der Waals surface area contributed by atoms with Crippen LogP contribution in [-0.2, 0) is 22.4 Å². The number of hydrogen-bond acceptors (Lipinski definition) is 5. The third kappa shape index (κ3) is 2.50. The van der Waals surface area contributed by atoms with Crippen molar-refractivity contribution in [2.45, 2.75) is 33.1 Å². The molecule has 3 heterocycles. The van der Waals surface area contributed by atoms with Gasteiger partial charge in [-0.1, -0.05) is 0 Å². The summed E-state index contributed by atoms with van der Waals surface area (Å²) in [5, 5.41) is 16.7. The van der Waals surface area contributed by atoms with Crippen LogP contribution in [0, 0.1) is 12.8 Å². The molecule has 0 fully saturated rings. The quantitative estimate of drug-likeness (QED) is 0.535. The fourth-order valence-electron chi connectivity index (χ4n) is 4.33. The Hall–Kier alpha value is -3.22. The van der Waals surface area contributed by atoms with Crippen LogP contribution in [0.25, 0.3) is 33.1 Å². The molecule has 1 atom stereocenters. The van der Waals surface area contributed by atoms with Gasteiger partial charge in [-0.25, -0.2) is 4.98 Å². The molecule has 4 aromatic rings. The smallest absolute Gasteiger partial charge is 0.309 e. The van der Waals surface area contributed by atoms with Crippen LogP contribution in [0.5, 0.6) is 0 Å². The molecule has 1 aliphatic carbocycles. The summed E-state index contributed by atoms with van der Waals surface area (Å²) in [5.41, 5.74) is 7.18. The molecule has 0 amide bonds. The van der Waals surface area contributed by atoms with Gasteiger partial charge < -0.3 is 4.74 Å². The van der Waals surface area contributed by atoms with Gasteiger partial charge >= 0.3 is 5.97 Å². The second-order valence-electron chi connectivity index (χ2n) is 7.31. The maximum atomic E-state index is 12.4. The largest absolute Gasteiger partial charge is 0.466 e. The number of rotatable bonds is 3. The van der Waals surface area contributed by atoms with E-state index in [0.29, 0.717) is 13.0 Å². The molecule has 0 saturated heterocycles. The van der Waals surface area contributed by atoms with E-state index in [-0.39, 0.29) is 11.9 Å². The maximum Gasteiger partial charge on any atom is 0.309 e. The lowest BCUT2D eigenvalue weighted by Gasteiger charge is -2.26. The number of H-pyrrole nitrogens is 2. The van der Waals surface area contributed by atoms with Crippen LogP contribution in [0.3, 0.4) is 0 Å². The van der Waals surface area contributed by atoms with Gasteiger partial charge in [0, 0.05) is 22.0 Å². The Morgan fingerprint density at radius 2 is 2.07 bits per heavy atom. The second-order valence-corrected chi connectivity index (χ2v) is 7.31. The number of aromatic nitrogens is 5. The molecule has 1 unspecified atom stereocenters. The van der Waals surface area contributed by atoms with Crippen molar-refractivity contribution < 1.29 is 9.53 Å². The van der Waals surface area contributed by atoms with E-state index in [2.05, 4.69) is 20.4 Å². The monoisotopic (exact) mass is 375 g/mol. The zero-order valence-electron chi connectivity index (χ0n) is 15.9. The molecule has 2 N–H and O–H groups in total. The second kappa shape index (κ2) is 6.44. The number of ether oxygens (including phenoxy) is 1. The topological polar surface area (TPSA) is 96.5 Å². The molecule has 0 radical (unpaired) electrons. The van der Waals surface area contributed by atoms with Crippen LogP contribution in [0.4, 0.5) is 0 Å². The predicted octanol–water partition coefficient (Wildman–Crippen LogP) is 3.48. The first kappa shape index (κ1) is 16.9. The number of nitrogens with one attached hydrogen (secondary N) is 2. The summed E-state index contributed by atoms with van der Waals surface area (Å²) < 4.78 is 5.30. The number of aryl methyl sites for hydroxylation is 2. The molecule has 0 aliphatic heterocycles. The van der Waals surface area contributed by atoms with Crippen molar-refractivity contribution in [2.24, 2.45) is 5.92 Å². The summed E-state index contributed by atoms with van der Waals surface area (Å²) in [6.45, 7) is 4.24. The molecule has 142 valence electrons. The van der Waals surface area contributed by atoms with Crippen LogP contribution in [0.2, 0.25) is 0 Å². The molecular formula is C21H21N5O2. The number of carbonyl (C=O) groups excluding carboxylic acids is 1. The Morgan fingerprint density at radius 1 is 1.21 bits per heavy atom. The normalized spacial score (nSPS) is 16.4. The minimum absolute atomic E-state index is 0.121. The van der Waals surface area contributed by atoms with Crippen LogP contribution >= 0.6 is 0 Å². The fourth-order valence-corrected chi connectivity index (χ4v) is 4.33. The highest BCUT2D eigenvalue weighted by atomic mass is 16.5. The summed E-state index contributed by atoms with van der Waals surface area (Å²) in [6, 6.07) is 4.05. The minimum Gasteiger partial charge on any atom is -0.466 e. The first-order valence-corrected chi connectivity index (χ1v) is 9.62. The summed E-state index contributed by atoms with van der Waals surface area (Å²) in [7, 11) is 0. The molecule has 1 aromatic carbocycles. The number of hydrogen-bond donors (Lipinski definition) is 2. The van der Waals surface area contributed by atoms with Gasteiger partial charge in [-0.2, -0.15) is 10.2 Å². The Balaban J connectivity index is 1.78. The lowest BCUT2D eigenvalue weighted by molar-refractivity contribution is -0.148. The van der Waals surface area contributed by atoms with E-state index in [4.69, 9.17) is 9.72 Å². The van der Waals surface area contributed by atoms with Gasteiger partial charge in [-0.15, -0.1) is 0 Å². The maximum absolute atomic E-state index is 12.4. The zero-order valence-corrected chi connectivity index (χ0v) is 15.9. The molecule has 28 heavy (non-hydrogen) atoms. The van der Waals surface area contributed by atoms with Gasteiger partial charge in [0.15, 0.2) is 0 Å². The number of carbonyl (C=O) groups is 1. The number of aromatic amines is 2. The van der Waals surface area contributed by atoms with E-state index in [1.807, 2.05) is 38.4 Å². The van der Waals surface area contributed by atoms with Gasteiger partial charge in [-0.3, -0.25) is 15.0 Å². The number of pyridine rings is 1. The van der Waals surface area contributed by atoms with E-state index in [1.165, 1.54) is 5.56 Å². The zero-order chi connectivity index (χ0) is 19.3.